The molecule has 2 rings (SSSR count). The van der Waals surface area contributed by atoms with Gasteiger partial charge in [-0.1, -0.05) is 18.2 Å². The molecule has 1 aromatic rings. The second-order valence-electron chi connectivity index (χ2n) is 4.32. The van der Waals surface area contributed by atoms with Crippen molar-refractivity contribution in [1.82, 2.24) is 10.6 Å². The van der Waals surface area contributed by atoms with Crippen LogP contribution in [0.4, 0.5) is 0 Å². The Morgan fingerprint density at radius 1 is 1.53 bits per heavy atom. The zero-order valence-corrected chi connectivity index (χ0v) is 11.4. The Labute approximate surface area is 115 Å². The number of β-amino-alcohol motifs (C(OH)–C–C–N with tert-alkyl or cyclic N) is 1. The van der Waals surface area contributed by atoms with Crippen molar-refractivity contribution in [2.75, 3.05) is 12.8 Å². The molecule has 0 bridgehead atoms. The maximum absolute atomic E-state index is 11.9. The molecule has 1 fully saturated rings. The Morgan fingerprint density at radius 2 is 2.26 bits per heavy atom. The van der Waals surface area contributed by atoms with Crippen LogP contribution in [0.3, 0.4) is 0 Å². The zero-order valence-electron chi connectivity index (χ0n) is 10.6. The van der Waals surface area contributed by atoms with Crippen LogP contribution in [-0.4, -0.2) is 35.8 Å². The fourth-order valence-electron chi connectivity index (χ4n) is 2.04. The molecule has 0 saturated carbocycles. The van der Waals surface area contributed by atoms with E-state index in [1.54, 1.807) is 11.8 Å². The van der Waals surface area contributed by atoms with E-state index < -0.39 is 23.8 Å². The summed E-state index contributed by atoms with van der Waals surface area (Å²) in [6.45, 7) is 0.491. The van der Waals surface area contributed by atoms with E-state index in [1.807, 2.05) is 30.5 Å². The first kappa shape index (κ1) is 13.9. The van der Waals surface area contributed by atoms with Crippen LogP contribution in [0.1, 0.15) is 5.56 Å². The number of rotatable bonds is 4. The predicted octanol–water partition coefficient (Wildman–Crippen LogP) is 0.132. The summed E-state index contributed by atoms with van der Waals surface area (Å²) in [6.07, 6.45) is 1.03. The van der Waals surface area contributed by atoms with Crippen LogP contribution in [0.25, 0.3) is 0 Å². The van der Waals surface area contributed by atoms with E-state index in [1.165, 1.54) is 0 Å². The molecule has 0 aromatic heterocycles. The molecule has 1 aromatic carbocycles. The largest absolute Gasteiger partial charge is 0.390 e. The van der Waals surface area contributed by atoms with Gasteiger partial charge in [-0.05, 0) is 17.9 Å². The van der Waals surface area contributed by atoms with Crippen LogP contribution in [0.15, 0.2) is 29.2 Å². The topological polar surface area (TPSA) is 78.4 Å². The summed E-state index contributed by atoms with van der Waals surface area (Å²) in [5, 5.41) is 14.7. The van der Waals surface area contributed by atoms with Crippen LogP contribution < -0.4 is 10.6 Å². The Bertz CT molecular complexity index is 493. The van der Waals surface area contributed by atoms with Crippen molar-refractivity contribution >= 4 is 23.6 Å². The standard InChI is InChI=1S/C13H16N2O3S/c1-19-10-5-3-2-4-8(10)6-14-12(17)11-9(16)7-15-13(11)18/h2-5,9,11,16H,6-7H2,1H3,(H,14,17)(H,15,18). The molecule has 1 saturated heterocycles. The van der Waals surface area contributed by atoms with Gasteiger partial charge in [0.05, 0.1) is 6.10 Å². The highest BCUT2D eigenvalue weighted by Crippen LogP contribution is 2.20. The summed E-state index contributed by atoms with van der Waals surface area (Å²) in [5.41, 5.74) is 0.997. The number of benzene rings is 1. The van der Waals surface area contributed by atoms with Crippen LogP contribution in [0.5, 0.6) is 0 Å². The highest BCUT2D eigenvalue weighted by atomic mass is 32.2. The van der Waals surface area contributed by atoms with Gasteiger partial charge >= 0.3 is 0 Å². The average molecular weight is 280 g/mol. The quantitative estimate of drug-likeness (QED) is 0.541. The first-order valence-corrected chi connectivity index (χ1v) is 7.21. The Hall–Kier alpha value is -1.53. The van der Waals surface area contributed by atoms with Crippen LogP contribution >= 0.6 is 11.8 Å². The first-order chi connectivity index (χ1) is 9.13. The number of hydrogen-bond acceptors (Lipinski definition) is 4. The van der Waals surface area contributed by atoms with Crippen molar-refractivity contribution in [3.05, 3.63) is 29.8 Å². The number of thioether (sulfide) groups is 1. The lowest BCUT2D eigenvalue weighted by Crippen LogP contribution is -2.39. The molecule has 1 aliphatic heterocycles. The smallest absolute Gasteiger partial charge is 0.235 e. The van der Waals surface area contributed by atoms with E-state index in [4.69, 9.17) is 0 Å². The van der Waals surface area contributed by atoms with Gasteiger partial charge in [0.2, 0.25) is 11.8 Å². The van der Waals surface area contributed by atoms with Crippen molar-refractivity contribution in [2.45, 2.75) is 17.5 Å². The average Bonchev–Trinajstić information content (AvgIpc) is 2.76. The maximum atomic E-state index is 11.9. The molecule has 0 aliphatic carbocycles. The van der Waals surface area contributed by atoms with Crippen molar-refractivity contribution in [3.8, 4) is 0 Å². The van der Waals surface area contributed by atoms with Gasteiger partial charge < -0.3 is 15.7 Å². The SMILES string of the molecule is CSc1ccccc1CNC(=O)C1C(=O)NCC1O. The Kier molecular flexibility index (Phi) is 4.44. The second-order valence-corrected chi connectivity index (χ2v) is 5.17. The summed E-state index contributed by atoms with van der Waals surface area (Å²) < 4.78 is 0. The first-order valence-electron chi connectivity index (χ1n) is 5.99. The number of hydrogen-bond donors (Lipinski definition) is 3. The van der Waals surface area contributed by atoms with E-state index in [-0.39, 0.29) is 6.54 Å². The molecule has 6 heteroatoms. The van der Waals surface area contributed by atoms with Crippen LogP contribution in [0, 0.1) is 5.92 Å². The van der Waals surface area contributed by atoms with Gasteiger partial charge in [-0.25, -0.2) is 0 Å². The lowest BCUT2D eigenvalue weighted by Gasteiger charge is -2.13. The summed E-state index contributed by atoms with van der Waals surface area (Å²) in [5.74, 6) is -1.84. The summed E-state index contributed by atoms with van der Waals surface area (Å²) >= 11 is 1.60. The third-order valence-electron chi connectivity index (χ3n) is 3.08. The van der Waals surface area contributed by atoms with Crippen molar-refractivity contribution < 1.29 is 14.7 Å². The second kappa shape index (κ2) is 6.08. The van der Waals surface area contributed by atoms with Gasteiger partial charge in [-0.2, -0.15) is 0 Å². The monoisotopic (exact) mass is 280 g/mol. The van der Waals surface area contributed by atoms with Crippen molar-refractivity contribution in [2.24, 2.45) is 5.92 Å². The molecule has 1 heterocycles. The van der Waals surface area contributed by atoms with E-state index in [0.717, 1.165) is 10.5 Å². The Morgan fingerprint density at radius 3 is 2.89 bits per heavy atom. The number of aliphatic hydroxyl groups excluding tert-OH is 1. The summed E-state index contributed by atoms with van der Waals surface area (Å²) in [6, 6.07) is 7.74. The van der Waals surface area contributed by atoms with E-state index in [2.05, 4.69) is 10.6 Å². The molecule has 5 nitrogen and oxygen atoms in total. The predicted molar refractivity (Wildman–Crippen MR) is 72.6 cm³/mol. The number of carbonyl (C=O) groups excluding carboxylic acids is 2. The molecular formula is C13H16N2O3S. The fourth-order valence-corrected chi connectivity index (χ4v) is 2.66. The van der Waals surface area contributed by atoms with Gasteiger partial charge in [-0.3, -0.25) is 9.59 Å². The Balaban J connectivity index is 1.98. The molecule has 2 amide bonds. The van der Waals surface area contributed by atoms with E-state index >= 15 is 0 Å². The lowest BCUT2D eigenvalue weighted by molar-refractivity contribution is -0.135. The summed E-state index contributed by atoms with van der Waals surface area (Å²) in [4.78, 5) is 24.4. The maximum Gasteiger partial charge on any atom is 0.235 e. The minimum atomic E-state index is -0.999. The molecule has 2 unspecified atom stereocenters. The highest BCUT2D eigenvalue weighted by Gasteiger charge is 2.38. The number of aliphatic hydroxyl groups is 1. The summed E-state index contributed by atoms with van der Waals surface area (Å²) in [7, 11) is 0. The molecule has 0 spiro atoms. The van der Waals surface area contributed by atoms with Crippen LogP contribution in [-0.2, 0) is 16.1 Å². The molecular weight excluding hydrogens is 264 g/mol. The van der Waals surface area contributed by atoms with Gasteiger partial charge in [0, 0.05) is 18.0 Å². The molecule has 102 valence electrons. The molecule has 19 heavy (non-hydrogen) atoms. The fraction of sp³-hybridized carbons (Fsp3) is 0.385. The highest BCUT2D eigenvalue weighted by molar-refractivity contribution is 7.98. The third kappa shape index (κ3) is 3.08. The van der Waals surface area contributed by atoms with Crippen molar-refractivity contribution in [3.63, 3.8) is 0 Å². The minimum absolute atomic E-state index is 0.137. The van der Waals surface area contributed by atoms with Gasteiger partial charge in [-0.15, -0.1) is 11.8 Å². The molecule has 3 N–H and O–H groups in total. The lowest BCUT2D eigenvalue weighted by atomic mass is 10.0. The minimum Gasteiger partial charge on any atom is -0.390 e. The van der Waals surface area contributed by atoms with E-state index in [9.17, 15) is 14.7 Å². The zero-order chi connectivity index (χ0) is 13.8. The molecule has 2 atom stereocenters. The van der Waals surface area contributed by atoms with Crippen molar-refractivity contribution in [1.29, 1.82) is 0 Å². The van der Waals surface area contributed by atoms with Gasteiger partial charge in [0.25, 0.3) is 0 Å². The molecule has 1 aliphatic rings. The van der Waals surface area contributed by atoms with Gasteiger partial charge in [0.1, 0.15) is 5.92 Å². The molecule has 0 radical (unpaired) electrons. The normalized spacial score (nSPS) is 22.1. The number of amides is 2. The van der Waals surface area contributed by atoms with E-state index in [0.29, 0.717) is 6.54 Å². The number of carbonyl (C=O) groups is 2. The third-order valence-corrected chi connectivity index (χ3v) is 3.92. The number of nitrogens with one attached hydrogen (secondary N) is 2. The van der Waals surface area contributed by atoms with Gasteiger partial charge in [0.15, 0.2) is 0 Å². The van der Waals surface area contributed by atoms with Crippen LogP contribution in [0.2, 0.25) is 0 Å².